The van der Waals surface area contributed by atoms with Crippen molar-refractivity contribution < 1.29 is 4.74 Å². The standard InChI is InChI=1S/C17H16BrN3OS/c1-10(2)21-17(19-9-20-21)15-7-11-5-6-22-14-8-12(18)3-4-13(14)16(11)23-15/h3-4,7-10H,5-6H2,1-2H3. The molecular formula is C17H16BrN3OS. The minimum absolute atomic E-state index is 0.293. The average Bonchev–Trinajstić information content (AvgIpc) is 3.11. The number of thiophene rings is 1. The Morgan fingerprint density at radius 1 is 1.30 bits per heavy atom. The predicted molar refractivity (Wildman–Crippen MR) is 96.1 cm³/mol. The number of hydrogen-bond acceptors (Lipinski definition) is 4. The van der Waals surface area contributed by atoms with Crippen LogP contribution >= 0.6 is 27.3 Å². The molecule has 0 unspecified atom stereocenters. The number of hydrogen-bond donors (Lipinski definition) is 0. The van der Waals surface area contributed by atoms with Crippen molar-refractivity contribution in [2.45, 2.75) is 26.3 Å². The van der Waals surface area contributed by atoms with Crippen molar-refractivity contribution in [2.24, 2.45) is 0 Å². The first-order valence-electron chi connectivity index (χ1n) is 7.59. The number of aromatic nitrogens is 3. The Kier molecular flexibility index (Phi) is 3.73. The van der Waals surface area contributed by atoms with Crippen LogP contribution in [0.5, 0.6) is 5.75 Å². The van der Waals surface area contributed by atoms with Gasteiger partial charge in [-0.3, -0.25) is 0 Å². The minimum Gasteiger partial charge on any atom is -0.493 e. The maximum atomic E-state index is 5.91. The molecule has 0 N–H and O–H groups in total. The molecule has 4 nitrogen and oxygen atoms in total. The molecule has 0 atom stereocenters. The smallest absolute Gasteiger partial charge is 0.168 e. The first-order valence-corrected chi connectivity index (χ1v) is 9.19. The van der Waals surface area contributed by atoms with Gasteiger partial charge in [-0.2, -0.15) is 5.10 Å². The largest absolute Gasteiger partial charge is 0.493 e. The highest BCUT2D eigenvalue weighted by atomic mass is 79.9. The summed E-state index contributed by atoms with van der Waals surface area (Å²) in [5.41, 5.74) is 2.48. The Morgan fingerprint density at radius 2 is 2.17 bits per heavy atom. The molecule has 0 amide bonds. The Balaban J connectivity index is 1.86. The second-order valence-electron chi connectivity index (χ2n) is 5.83. The lowest BCUT2D eigenvalue weighted by Crippen LogP contribution is -2.04. The van der Waals surface area contributed by atoms with Crippen molar-refractivity contribution in [2.75, 3.05) is 6.61 Å². The first-order chi connectivity index (χ1) is 11.1. The number of nitrogens with zero attached hydrogens (tertiary/aromatic N) is 3. The number of ether oxygens (including phenoxy) is 1. The second kappa shape index (κ2) is 5.76. The summed E-state index contributed by atoms with van der Waals surface area (Å²) in [7, 11) is 0. The van der Waals surface area contributed by atoms with Crippen LogP contribution in [-0.4, -0.2) is 21.4 Å². The number of fused-ring (bicyclic) bond motifs is 3. The van der Waals surface area contributed by atoms with E-state index >= 15 is 0 Å². The fourth-order valence-electron chi connectivity index (χ4n) is 2.83. The number of benzene rings is 1. The molecule has 1 aliphatic heterocycles. The van der Waals surface area contributed by atoms with Gasteiger partial charge in [0.1, 0.15) is 12.1 Å². The Hall–Kier alpha value is -1.66. The van der Waals surface area contributed by atoms with E-state index in [9.17, 15) is 0 Å². The summed E-state index contributed by atoms with van der Waals surface area (Å²) in [4.78, 5) is 6.91. The molecule has 0 saturated carbocycles. The molecule has 3 heterocycles. The van der Waals surface area contributed by atoms with E-state index in [4.69, 9.17) is 4.74 Å². The van der Waals surface area contributed by atoms with Crippen LogP contribution in [0.3, 0.4) is 0 Å². The molecule has 0 fully saturated rings. The average molecular weight is 390 g/mol. The van der Waals surface area contributed by atoms with E-state index in [0.717, 1.165) is 32.9 Å². The van der Waals surface area contributed by atoms with Crippen LogP contribution in [0, 0.1) is 0 Å². The third-order valence-electron chi connectivity index (χ3n) is 3.91. The van der Waals surface area contributed by atoms with Crippen LogP contribution in [-0.2, 0) is 6.42 Å². The number of halogens is 1. The van der Waals surface area contributed by atoms with Crippen molar-refractivity contribution in [1.29, 1.82) is 0 Å². The van der Waals surface area contributed by atoms with E-state index in [2.05, 4.69) is 58.1 Å². The van der Waals surface area contributed by atoms with Crippen LogP contribution in [0.15, 0.2) is 35.1 Å². The Bertz CT molecular complexity index is 869. The van der Waals surface area contributed by atoms with Gasteiger partial charge in [0.15, 0.2) is 5.82 Å². The highest BCUT2D eigenvalue weighted by Gasteiger charge is 2.21. The van der Waals surface area contributed by atoms with Crippen LogP contribution < -0.4 is 4.74 Å². The van der Waals surface area contributed by atoms with Gasteiger partial charge in [-0.05, 0) is 43.7 Å². The molecule has 0 bridgehead atoms. The molecule has 23 heavy (non-hydrogen) atoms. The van der Waals surface area contributed by atoms with Crippen LogP contribution in [0.1, 0.15) is 25.5 Å². The van der Waals surface area contributed by atoms with Gasteiger partial charge in [0.2, 0.25) is 0 Å². The fraction of sp³-hybridized carbons (Fsp3) is 0.294. The summed E-state index contributed by atoms with van der Waals surface area (Å²) in [6, 6.07) is 8.76. The molecule has 1 aromatic carbocycles. The van der Waals surface area contributed by atoms with E-state index in [1.807, 2.05) is 10.7 Å². The fourth-order valence-corrected chi connectivity index (χ4v) is 4.40. The van der Waals surface area contributed by atoms with Gasteiger partial charge in [-0.15, -0.1) is 11.3 Å². The van der Waals surface area contributed by atoms with Gasteiger partial charge >= 0.3 is 0 Å². The lowest BCUT2D eigenvalue weighted by atomic mass is 10.1. The molecular weight excluding hydrogens is 374 g/mol. The van der Waals surface area contributed by atoms with E-state index < -0.39 is 0 Å². The summed E-state index contributed by atoms with van der Waals surface area (Å²) in [6.45, 7) is 4.94. The van der Waals surface area contributed by atoms with Gasteiger partial charge in [-0.25, -0.2) is 9.67 Å². The molecule has 4 rings (SSSR count). The second-order valence-corrected chi connectivity index (χ2v) is 7.79. The Labute approximate surface area is 147 Å². The van der Waals surface area contributed by atoms with E-state index in [1.54, 1.807) is 17.7 Å². The van der Waals surface area contributed by atoms with Gasteiger partial charge in [0.05, 0.1) is 11.5 Å². The van der Waals surface area contributed by atoms with Crippen molar-refractivity contribution in [3.8, 4) is 26.9 Å². The van der Waals surface area contributed by atoms with Gasteiger partial charge in [0.25, 0.3) is 0 Å². The molecule has 0 spiro atoms. The zero-order valence-corrected chi connectivity index (χ0v) is 15.3. The van der Waals surface area contributed by atoms with Gasteiger partial charge < -0.3 is 4.74 Å². The van der Waals surface area contributed by atoms with Crippen LogP contribution in [0.25, 0.3) is 21.1 Å². The maximum absolute atomic E-state index is 5.91. The first kappa shape index (κ1) is 14.9. The van der Waals surface area contributed by atoms with Gasteiger partial charge in [0, 0.05) is 27.4 Å². The summed E-state index contributed by atoms with van der Waals surface area (Å²) in [5.74, 6) is 1.88. The van der Waals surface area contributed by atoms with E-state index in [1.165, 1.54) is 10.4 Å². The molecule has 1 aliphatic rings. The summed E-state index contributed by atoms with van der Waals surface area (Å²) in [6.07, 6.45) is 2.54. The van der Waals surface area contributed by atoms with Crippen molar-refractivity contribution in [3.05, 3.63) is 40.6 Å². The van der Waals surface area contributed by atoms with Crippen LogP contribution in [0.2, 0.25) is 0 Å². The lowest BCUT2D eigenvalue weighted by molar-refractivity contribution is 0.326. The SMILES string of the molecule is CC(C)n1ncnc1-c1cc2c(s1)-c1ccc(Br)cc1OCC2. The molecule has 0 saturated heterocycles. The zero-order chi connectivity index (χ0) is 16.0. The number of rotatable bonds is 2. The van der Waals surface area contributed by atoms with Crippen molar-refractivity contribution in [1.82, 2.24) is 14.8 Å². The predicted octanol–water partition coefficient (Wildman–Crippen LogP) is 4.95. The molecule has 0 radical (unpaired) electrons. The molecule has 6 heteroatoms. The van der Waals surface area contributed by atoms with Crippen molar-refractivity contribution >= 4 is 27.3 Å². The third kappa shape index (κ3) is 2.60. The van der Waals surface area contributed by atoms with E-state index in [-0.39, 0.29) is 0 Å². The molecule has 118 valence electrons. The minimum atomic E-state index is 0.293. The van der Waals surface area contributed by atoms with Crippen molar-refractivity contribution in [3.63, 3.8) is 0 Å². The third-order valence-corrected chi connectivity index (χ3v) is 5.61. The highest BCUT2D eigenvalue weighted by Crippen LogP contribution is 2.44. The summed E-state index contributed by atoms with van der Waals surface area (Å²) < 4.78 is 8.92. The quantitative estimate of drug-likeness (QED) is 0.622. The molecule has 2 aromatic heterocycles. The van der Waals surface area contributed by atoms with Gasteiger partial charge in [-0.1, -0.05) is 15.9 Å². The van der Waals surface area contributed by atoms with E-state index in [0.29, 0.717) is 12.6 Å². The van der Waals surface area contributed by atoms with Crippen LogP contribution in [0.4, 0.5) is 0 Å². The zero-order valence-electron chi connectivity index (χ0n) is 12.9. The summed E-state index contributed by atoms with van der Waals surface area (Å²) in [5, 5.41) is 4.35. The highest BCUT2D eigenvalue weighted by molar-refractivity contribution is 9.10. The lowest BCUT2D eigenvalue weighted by Gasteiger charge is -2.08. The maximum Gasteiger partial charge on any atom is 0.168 e. The molecule has 0 aliphatic carbocycles. The normalized spacial score (nSPS) is 13.4. The summed E-state index contributed by atoms with van der Waals surface area (Å²) >= 11 is 5.29. The monoisotopic (exact) mass is 389 g/mol. The Morgan fingerprint density at radius 3 is 3.00 bits per heavy atom. The molecule has 3 aromatic rings. The topological polar surface area (TPSA) is 39.9 Å².